The number of nitrogens with one attached hydrogen (secondary N) is 1. The van der Waals surface area contributed by atoms with Gasteiger partial charge < -0.3 is 10.1 Å². The standard InChI is InChI=1S/C16H16F3N3O/c17-16(18,19)23-14-8-12(6-11-2-3-11)7-13(9-14)10-22-15-20-4-1-5-21-15/h1,4-5,7-9,11H,2-3,6,10H2,(H,20,21,22). The first-order chi connectivity index (χ1) is 11.0. The van der Waals surface area contributed by atoms with Crippen LogP contribution in [0.5, 0.6) is 5.75 Å². The van der Waals surface area contributed by atoms with Crippen molar-refractivity contribution in [1.82, 2.24) is 9.97 Å². The van der Waals surface area contributed by atoms with Gasteiger partial charge in [-0.05, 0) is 54.5 Å². The Kier molecular flexibility index (Phi) is 4.36. The fourth-order valence-corrected chi connectivity index (χ4v) is 2.37. The molecule has 2 aromatic rings. The SMILES string of the molecule is FC(F)(F)Oc1cc(CNc2ncccn2)cc(CC2CC2)c1. The number of aromatic nitrogens is 2. The zero-order valence-corrected chi connectivity index (χ0v) is 12.3. The quantitative estimate of drug-likeness (QED) is 0.875. The number of anilines is 1. The molecule has 1 aromatic carbocycles. The average Bonchev–Trinajstić information content (AvgIpc) is 3.28. The van der Waals surface area contributed by atoms with Crippen LogP contribution >= 0.6 is 0 Å². The Labute approximate surface area is 131 Å². The normalized spacial score (nSPS) is 14.6. The lowest BCUT2D eigenvalue weighted by molar-refractivity contribution is -0.274. The molecule has 0 bridgehead atoms. The summed E-state index contributed by atoms with van der Waals surface area (Å²) in [5, 5.41) is 2.99. The Morgan fingerprint density at radius 1 is 1.09 bits per heavy atom. The van der Waals surface area contributed by atoms with Crippen LogP contribution in [0.15, 0.2) is 36.7 Å². The van der Waals surface area contributed by atoms with Crippen molar-refractivity contribution in [3.63, 3.8) is 0 Å². The second-order valence-corrected chi connectivity index (χ2v) is 5.61. The van der Waals surface area contributed by atoms with E-state index in [-0.39, 0.29) is 5.75 Å². The minimum absolute atomic E-state index is 0.179. The first kappa shape index (κ1) is 15.6. The van der Waals surface area contributed by atoms with Gasteiger partial charge in [-0.15, -0.1) is 13.2 Å². The average molecular weight is 323 g/mol. The lowest BCUT2D eigenvalue weighted by Gasteiger charge is -2.13. The summed E-state index contributed by atoms with van der Waals surface area (Å²) < 4.78 is 41.5. The van der Waals surface area contributed by atoms with Crippen molar-refractivity contribution in [1.29, 1.82) is 0 Å². The molecule has 23 heavy (non-hydrogen) atoms. The first-order valence-electron chi connectivity index (χ1n) is 7.37. The van der Waals surface area contributed by atoms with E-state index in [4.69, 9.17) is 0 Å². The predicted molar refractivity (Wildman–Crippen MR) is 78.9 cm³/mol. The van der Waals surface area contributed by atoms with E-state index in [0.717, 1.165) is 24.8 Å². The van der Waals surface area contributed by atoms with Gasteiger partial charge in [0.1, 0.15) is 5.75 Å². The Balaban J connectivity index is 1.75. The molecule has 1 fully saturated rings. The third kappa shape index (κ3) is 5.12. The third-order valence-electron chi connectivity index (χ3n) is 3.50. The van der Waals surface area contributed by atoms with E-state index in [1.165, 1.54) is 12.1 Å². The molecular weight excluding hydrogens is 307 g/mol. The number of halogens is 3. The number of alkyl halides is 3. The lowest BCUT2D eigenvalue weighted by Crippen LogP contribution is -2.17. The second-order valence-electron chi connectivity index (χ2n) is 5.61. The smallest absolute Gasteiger partial charge is 0.406 e. The van der Waals surface area contributed by atoms with Crippen LogP contribution < -0.4 is 10.1 Å². The molecule has 4 nitrogen and oxygen atoms in total. The Bertz CT molecular complexity index is 657. The van der Waals surface area contributed by atoms with Gasteiger partial charge in [-0.25, -0.2) is 9.97 Å². The molecule has 0 saturated heterocycles. The number of hydrogen-bond acceptors (Lipinski definition) is 4. The van der Waals surface area contributed by atoms with Crippen LogP contribution in [0.2, 0.25) is 0 Å². The summed E-state index contributed by atoms with van der Waals surface area (Å²) in [6.45, 7) is 0.330. The van der Waals surface area contributed by atoms with Gasteiger partial charge in [-0.1, -0.05) is 6.07 Å². The molecule has 0 atom stereocenters. The molecule has 0 radical (unpaired) electrons. The van der Waals surface area contributed by atoms with Crippen molar-refractivity contribution >= 4 is 5.95 Å². The molecular formula is C16H16F3N3O. The predicted octanol–water partition coefficient (Wildman–Crippen LogP) is 3.94. The minimum Gasteiger partial charge on any atom is -0.406 e. The summed E-state index contributed by atoms with van der Waals surface area (Å²) in [6.07, 6.45) is 1.55. The van der Waals surface area contributed by atoms with Crippen molar-refractivity contribution in [3.05, 3.63) is 47.8 Å². The molecule has 7 heteroatoms. The Hall–Kier alpha value is -2.31. The molecule has 0 spiro atoms. The number of nitrogens with zero attached hydrogens (tertiary/aromatic N) is 2. The van der Waals surface area contributed by atoms with Crippen LogP contribution in [0.3, 0.4) is 0 Å². The van der Waals surface area contributed by atoms with Crippen LogP contribution in [0.1, 0.15) is 24.0 Å². The van der Waals surface area contributed by atoms with E-state index in [1.807, 2.05) is 6.07 Å². The number of rotatable bonds is 6. The van der Waals surface area contributed by atoms with Gasteiger partial charge in [0, 0.05) is 18.9 Å². The second kappa shape index (κ2) is 6.44. The molecule has 1 aliphatic rings. The molecule has 3 rings (SSSR count). The third-order valence-corrected chi connectivity index (χ3v) is 3.50. The fourth-order valence-electron chi connectivity index (χ4n) is 2.37. The largest absolute Gasteiger partial charge is 0.573 e. The summed E-state index contributed by atoms with van der Waals surface area (Å²) in [7, 11) is 0. The van der Waals surface area contributed by atoms with Gasteiger partial charge in [0.05, 0.1) is 0 Å². The maximum Gasteiger partial charge on any atom is 0.573 e. The molecule has 1 N–H and O–H groups in total. The van der Waals surface area contributed by atoms with Gasteiger partial charge in [0.2, 0.25) is 5.95 Å². The molecule has 1 aliphatic carbocycles. The fraction of sp³-hybridized carbons (Fsp3) is 0.375. The number of benzene rings is 1. The maximum absolute atomic E-state index is 12.5. The van der Waals surface area contributed by atoms with Gasteiger partial charge in [-0.2, -0.15) is 0 Å². The van der Waals surface area contributed by atoms with Crippen molar-refractivity contribution in [2.45, 2.75) is 32.2 Å². The van der Waals surface area contributed by atoms with E-state index >= 15 is 0 Å². The number of hydrogen-bond donors (Lipinski definition) is 1. The molecule has 0 unspecified atom stereocenters. The van der Waals surface area contributed by atoms with Crippen molar-refractivity contribution in [3.8, 4) is 5.75 Å². The zero-order valence-electron chi connectivity index (χ0n) is 12.3. The molecule has 1 aromatic heterocycles. The highest BCUT2D eigenvalue weighted by Gasteiger charge is 2.31. The topological polar surface area (TPSA) is 47.0 Å². The van der Waals surface area contributed by atoms with Gasteiger partial charge in [-0.3, -0.25) is 0 Å². The molecule has 1 heterocycles. The Morgan fingerprint density at radius 3 is 2.43 bits per heavy atom. The van der Waals surface area contributed by atoms with E-state index in [9.17, 15) is 13.2 Å². The maximum atomic E-state index is 12.5. The van der Waals surface area contributed by atoms with E-state index in [1.54, 1.807) is 18.5 Å². The van der Waals surface area contributed by atoms with E-state index in [0.29, 0.717) is 24.0 Å². The lowest BCUT2D eigenvalue weighted by atomic mass is 10.0. The van der Waals surface area contributed by atoms with Crippen LogP contribution in [0.4, 0.5) is 19.1 Å². The van der Waals surface area contributed by atoms with Crippen LogP contribution in [0.25, 0.3) is 0 Å². The van der Waals surface area contributed by atoms with Gasteiger partial charge >= 0.3 is 6.36 Å². The van der Waals surface area contributed by atoms with Crippen molar-refractivity contribution in [2.75, 3.05) is 5.32 Å². The summed E-state index contributed by atoms with van der Waals surface area (Å²) in [5.74, 6) is 0.828. The van der Waals surface area contributed by atoms with Crippen molar-refractivity contribution < 1.29 is 17.9 Å². The van der Waals surface area contributed by atoms with Crippen molar-refractivity contribution in [2.24, 2.45) is 5.92 Å². The Morgan fingerprint density at radius 2 is 1.78 bits per heavy atom. The zero-order chi connectivity index (χ0) is 16.3. The number of ether oxygens (including phenoxy) is 1. The molecule has 0 aliphatic heterocycles. The molecule has 122 valence electrons. The first-order valence-corrected chi connectivity index (χ1v) is 7.37. The highest BCUT2D eigenvalue weighted by molar-refractivity contribution is 5.37. The highest BCUT2D eigenvalue weighted by atomic mass is 19.4. The molecule has 0 amide bonds. The molecule has 1 saturated carbocycles. The minimum atomic E-state index is -4.69. The monoisotopic (exact) mass is 323 g/mol. The van der Waals surface area contributed by atoms with Crippen LogP contribution in [0, 0.1) is 5.92 Å². The summed E-state index contributed by atoms with van der Waals surface area (Å²) in [5.41, 5.74) is 1.56. The van der Waals surface area contributed by atoms with Gasteiger partial charge in [0.25, 0.3) is 0 Å². The van der Waals surface area contributed by atoms with E-state index < -0.39 is 6.36 Å². The van der Waals surface area contributed by atoms with Crippen LogP contribution in [-0.4, -0.2) is 16.3 Å². The van der Waals surface area contributed by atoms with Crippen LogP contribution in [-0.2, 0) is 13.0 Å². The summed E-state index contributed by atoms with van der Waals surface area (Å²) >= 11 is 0. The summed E-state index contributed by atoms with van der Waals surface area (Å²) in [4.78, 5) is 8.05. The highest BCUT2D eigenvalue weighted by Crippen LogP contribution is 2.34. The summed E-state index contributed by atoms with van der Waals surface area (Å²) in [6, 6.07) is 6.45. The van der Waals surface area contributed by atoms with Gasteiger partial charge in [0.15, 0.2) is 0 Å². The van der Waals surface area contributed by atoms with E-state index in [2.05, 4.69) is 20.0 Å².